The summed E-state index contributed by atoms with van der Waals surface area (Å²) in [5.74, 6) is 0.732. The number of hydrogen-bond acceptors (Lipinski definition) is 3. The molecule has 0 aliphatic carbocycles. The molecule has 2 aromatic rings. The monoisotopic (exact) mass is 288 g/mol. The summed E-state index contributed by atoms with van der Waals surface area (Å²) >= 11 is 1.67. The molecule has 0 radical (unpaired) electrons. The van der Waals surface area contributed by atoms with Crippen molar-refractivity contribution in [1.82, 2.24) is 0 Å². The summed E-state index contributed by atoms with van der Waals surface area (Å²) in [4.78, 5) is 2.24. The summed E-state index contributed by atoms with van der Waals surface area (Å²) < 4.78 is 5.37. The Morgan fingerprint density at radius 3 is 2.50 bits per heavy atom. The van der Waals surface area contributed by atoms with Crippen molar-refractivity contribution in [2.45, 2.75) is 36.7 Å². The Labute approximate surface area is 124 Å². The highest BCUT2D eigenvalue weighted by molar-refractivity contribution is 7.99. The fourth-order valence-electron chi connectivity index (χ4n) is 2.14. The minimum absolute atomic E-state index is 0.557. The summed E-state index contributed by atoms with van der Waals surface area (Å²) in [7, 11) is 1.63. The molecule has 106 valence electrons. The Kier molecular flexibility index (Phi) is 4.73. The van der Waals surface area contributed by atoms with E-state index in [9.17, 15) is 5.11 Å². The molecule has 1 N–H and O–H groups in total. The molecule has 3 heteroatoms. The maximum atomic E-state index is 10.0. The Hall–Kier alpha value is -1.45. The second-order valence-corrected chi connectivity index (χ2v) is 6.00. The van der Waals surface area contributed by atoms with E-state index in [1.54, 1.807) is 25.8 Å². The molecule has 2 rings (SSSR count). The van der Waals surface area contributed by atoms with Crippen molar-refractivity contribution in [2.24, 2.45) is 0 Å². The predicted octanol–water partition coefficient (Wildman–Crippen LogP) is 4.52. The zero-order valence-corrected chi connectivity index (χ0v) is 13.1. The molecule has 0 amide bonds. The highest BCUT2D eigenvalue weighted by Gasteiger charge is 2.15. The van der Waals surface area contributed by atoms with Gasteiger partial charge in [-0.25, -0.2) is 0 Å². The van der Waals surface area contributed by atoms with E-state index < -0.39 is 6.10 Å². The molecule has 0 unspecified atom stereocenters. The first-order chi connectivity index (χ1) is 9.52. The van der Waals surface area contributed by atoms with Crippen molar-refractivity contribution in [1.29, 1.82) is 0 Å². The van der Waals surface area contributed by atoms with Gasteiger partial charge in [0, 0.05) is 15.4 Å². The van der Waals surface area contributed by atoms with Crippen LogP contribution in [0.5, 0.6) is 5.75 Å². The van der Waals surface area contributed by atoms with E-state index in [-0.39, 0.29) is 0 Å². The van der Waals surface area contributed by atoms with Crippen LogP contribution < -0.4 is 4.74 Å². The molecule has 0 aromatic heterocycles. The van der Waals surface area contributed by atoms with Crippen LogP contribution in [0.4, 0.5) is 0 Å². The third-order valence-corrected chi connectivity index (χ3v) is 4.46. The van der Waals surface area contributed by atoms with Gasteiger partial charge in [-0.1, -0.05) is 30.0 Å². The van der Waals surface area contributed by atoms with Gasteiger partial charge in [0.1, 0.15) is 5.75 Å². The van der Waals surface area contributed by atoms with Gasteiger partial charge in [0.25, 0.3) is 0 Å². The molecule has 0 bridgehead atoms. The number of aryl methyl sites for hydroxylation is 2. The molecule has 0 saturated carbocycles. The number of aliphatic hydroxyl groups is 1. The molecule has 1 atom stereocenters. The lowest BCUT2D eigenvalue weighted by molar-refractivity contribution is 0.191. The van der Waals surface area contributed by atoms with Crippen molar-refractivity contribution >= 4 is 11.8 Å². The van der Waals surface area contributed by atoms with Gasteiger partial charge < -0.3 is 9.84 Å². The minimum atomic E-state index is -0.557. The number of benzene rings is 2. The third kappa shape index (κ3) is 3.17. The van der Waals surface area contributed by atoms with Crippen LogP contribution >= 0.6 is 11.8 Å². The molecule has 0 saturated heterocycles. The van der Waals surface area contributed by atoms with Gasteiger partial charge in [-0.05, 0) is 50.1 Å². The molecule has 0 fully saturated rings. The minimum Gasteiger partial charge on any atom is -0.496 e. The fraction of sp³-hybridized carbons (Fsp3) is 0.294. The maximum Gasteiger partial charge on any atom is 0.125 e. The van der Waals surface area contributed by atoms with Crippen LogP contribution in [0.15, 0.2) is 46.2 Å². The first-order valence-corrected chi connectivity index (χ1v) is 7.44. The standard InChI is InChI=1S/C17H20O2S/c1-11-8-9-12(2)16(10-11)20-15-7-5-6-14(19-4)17(15)13(3)18/h5-10,13,18H,1-4H3/t13-/m1/s1. The van der Waals surface area contributed by atoms with Crippen molar-refractivity contribution in [3.8, 4) is 5.75 Å². The van der Waals surface area contributed by atoms with Crippen LogP contribution in [0.25, 0.3) is 0 Å². The first-order valence-electron chi connectivity index (χ1n) is 6.63. The van der Waals surface area contributed by atoms with E-state index in [4.69, 9.17) is 4.74 Å². The largest absolute Gasteiger partial charge is 0.496 e. The molecule has 0 heterocycles. The van der Waals surface area contributed by atoms with Crippen LogP contribution in [0.3, 0.4) is 0 Å². The number of rotatable bonds is 4. The highest BCUT2D eigenvalue weighted by atomic mass is 32.2. The molecule has 0 aliphatic heterocycles. The van der Waals surface area contributed by atoms with E-state index >= 15 is 0 Å². The van der Waals surface area contributed by atoms with Gasteiger partial charge in [-0.2, -0.15) is 0 Å². The Bertz CT molecular complexity index is 606. The molecule has 2 aromatic carbocycles. The number of ether oxygens (including phenoxy) is 1. The lowest BCUT2D eigenvalue weighted by atomic mass is 10.1. The second kappa shape index (κ2) is 6.33. The van der Waals surface area contributed by atoms with Gasteiger partial charge in [-0.3, -0.25) is 0 Å². The lowest BCUT2D eigenvalue weighted by Crippen LogP contribution is -1.99. The van der Waals surface area contributed by atoms with E-state index in [1.165, 1.54) is 16.0 Å². The van der Waals surface area contributed by atoms with Crippen LogP contribution in [0, 0.1) is 13.8 Å². The molecule has 20 heavy (non-hydrogen) atoms. The number of methoxy groups -OCH3 is 1. The summed E-state index contributed by atoms with van der Waals surface area (Å²) in [6.07, 6.45) is -0.557. The third-order valence-electron chi connectivity index (χ3n) is 3.23. The topological polar surface area (TPSA) is 29.5 Å². The Morgan fingerprint density at radius 2 is 1.85 bits per heavy atom. The molecule has 2 nitrogen and oxygen atoms in total. The van der Waals surface area contributed by atoms with Crippen molar-refractivity contribution in [3.63, 3.8) is 0 Å². The summed E-state index contributed by atoms with van der Waals surface area (Å²) in [5.41, 5.74) is 3.32. The molecular weight excluding hydrogens is 268 g/mol. The van der Waals surface area contributed by atoms with Crippen LogP contribution in [-0.2, 0) is 0 Å². The van der Waals surface area contributed by atoms with Crippen molar-refractivity contribution < 1.29 is 9.84 Å². The van der Waals surface area contributed by atoms with E-state index in [2.05, 4.69) is 32.0 Å². The maximum absolute atomic E-state index is 10.0. The Morgan fingerprint density at radius 1 is 1.10 bits per heavy atom. The average molecular weight is 288 g/mol. The van der Waals surface area contributed by atoms with Gasteiger partial charge in [-0.15, -0.1) is 0 Å². The van der Waals surface area contributed by atoms with E-state index in [1.807, 2.05) is 18.2 Å². The van der Waals surface area contributed by atoms with Gasteiger partial charge in [0.05, 0.1) is 13.2 Å². The van der Waals surface area contributed by atoms with Crippen LogP contribution in [-0.4, -0.2) is 12.2 Å². The quantitative estimate of drug-likeness (QED) is 0.897. The molecular formula is C17H20O2S. The zero-order valence-electron chi connectivity index (χ0n) is 12.3. The smallest absolute Gasteiger partial charge is 0.125 e. The van der Waals surface area contributed by atoms with Gasteiger partial charge >= 0.3 is 0 Å². The zero-order chi connectivity index (χ0) is 14.7. The van der Waals surface area contributed by atoms with E-state index in [0.29, 0.717) is 0 Å². The first kappa shape index (κ1) is 14.9. The molecule has 0 spiro atoms. The SMILES string of the molecule is COc1cccc(Sc2cc(C)ccc2C)c1[C@@H](C)O. The average Bonchev–Trinajstić information content (AvgIpc) is 2.42. The number of aliphatic hydroxyl groups excluding tert-OH is 1. The second-order valence-electron chi connectivity index (χ2n) is 4.92. The van der Waals surface area contributed by atoms with Crippen molar-refractivity contribution in [2.75, 3.05) is 7.11 Å². The summed E-state index contributed by atoms with van der Waals surface area (Å²) in [6, 6.07) is 12.3. The van der Waals surface area contributed by atoms with Gasteiger partial charge in [0.15, 0.2) is 0 Å². The summed E-state index contributed by atoms with van der Waals surface area (Å²) in [6.45, 7) is 5.96. The normalized spacial score (nSPS) is 12.2. The van der Waals surface area contributed by atoms with Crippen LogP contribution in [0.1, 0.15) is 29.7 Å². The van der Waals surface area contributed by atoms with Crippen molar-refractivity contribution in [3.05, 3.63) is 53.1 Å². The Balaban J connectivity index is 2.45. The fourth-order valence-corrected chi connectivity index (χ4v) is 3.38. The summed E-state index contributed by atoms with van der Waals surface area (Å²) in [5, 5.41) is 10.0. The number of hydrogen-bond donors (Lipinski definition) is 1. The molecule has 0 aliphatic rings. The van der Waals surface area contributed by atoms with Crippen LogP contribution in [0.2, 0.25) is 0 Å². The predicted molar refractivity (Wildman–Crippen MR) is 83.7 cm³/mol. The highest BCUT2D eigenvalue weighted by Crippen LogP contribution is 2.39. The van der Waals surface area contributed by atoms with E-state index in [0.717, 1.165) is 16.2 Å². The lowest BCUT2D eigenvalue weighted by Gasteiger charge is -2.16. The van der Waals surface area contributed by atoms with Gasteiger partial charge in [0.2, 0.25) is 0 Å².